The van der Waals surface area contributed by atoms with E-state index < -0.39 is 5.97 Å². The molecule has 5 heteroatoms. The molecule has 96 valence electrons. The van der Waals surface area contributed by atoms with E-state index in [1.54, 1.807) is 0 Å². The van der Waals surface area contributed by atoms with Crippen molar-refractivity contribution in [2.24, 2.45) is 0 Å². The van der Waals surface area contributed by atoms with E-state index in [-0.39, 0.29) is 18.4 Å². The zero-order chi connectivity index (χ0) is 13.0. The summed E-state index contributed by atoms with van der Waals surface area (Å²) in [5, 5.41) is 10.9. The molecule has 0 spiro atoms. The Morgan fingerprint density at radius 1 is 1.39 bits per heavy atom. The fourth-order valence-electron chi connectivity index (χ4n) is 2.10. The maximum atomic E-state index is 11.6. The fraction of sp³-hybridized carbons (Fsp3) is 0.385. The van der Waals surface area contributed by atoms with E-state index in [0.717, 1.165) is 17.7 Å². The number of carbonyl (C=O) groups excluding carboxylic acids is 1. The molecule has 1 heterocycles. The number of hydrogen-bond donors (Lipinski definition) is 2. The van der Waals surface area contributed by atoms with Crippen molar-refractivity contribution in [1.82, 2.24) is 5.32 Å². The lowest BCUT2D eigenvalue weighted by Gasteiger charge is -2.25. The van der Waals surface area contributed by atoms with Gasteiger partial charge in [-0.05, 0) is 24.0 Å². The lowest BCUT2D eigenvalue weighted by molar-refractivity contribution is -0.138. The molecule has 1 atom stereocenters. The number of fused-ring (bicyclic) bond motifs is 1. The van der Waals surface area contributed by atoms with E-state index in [1.807, 2.05) is 24.3 Å². The van der Waals surface area contributed by atoms with E-state index in [2.05, 4.69) is 5.32 Å². The van der Waals surface area contributed by atoms with Crippen LogP contribution in [0.2, 0.25) is 0 Å². The summed E-state index contributed by atoms with van der Waals surface area (Å²) in [6, 6.07) is 7.64. The van der Waals surface area contributed by atoms with Gasteiger partial charge in [-0.25, -0.2) is 0 Å². The topological polar surface area (TPSA) is 75.6 Å². The number of para-hydroxylation sites is 1. The predicted octanol–water partition coefficient (Wildman–Crippen LogP) is 1.14. The number of benzene rings is 1. The highest BCUT2D eigenvalue weighted by Crippen LogP contribution is 2.35. The van der Waals surface area contributed by atoms with E-state index in [0.29, 0.717) is 13.0 Å². The van der Waals surface area contributed by atoms with Crippen LogP contribution in [0.5, 0.6) is 5.75 Å². The molecule has 2 rings (SSSR count). The molecule has 5 nitrogen and oxygen atoms in total. The number of carbonyl (C=O) groups is 2. The Balaban J connectivity index is 1.98. The van der Waals surface area contributed by atoms with E-state index >= 15 is 0 Å². The number of rotatable bonds is 4. The Kier molecular flexibility index (Phi) is 3.82. The molecule has 1 aromatic rings. The number of carboxylic acids is 1. The molecular formula is C13H15NO4. The van der Waals surface area contributed by atoms with Gasteiger partial charge in [-0.2, -0.15) is 0 Å². The highest BCUT2D eigenvalue weighted by molar-refractivity contribution is 5.81. The van der Waals surface area contributed by atoms with Crippen LogP contribution in [0, 0.1) is 0 Å². The van der Waals surface area contributed by atoms with Crippen LogP contribution in [0.4, 0.5) is 0 Å². The van der Waals surface area contributed by atoms with Gasteiger partial charge in [0.1, 0.15) is 12.3 Å². The second-order valence-corrected chi connectivity index (χ2v) is 4.25. The maximum Gasteiger partial charge on any atom is 0.322 e. The monoisotopic (exact) mass is 249 g/mol. The van der Waals surface area contributed by atoms with Gasteiger partial charge >= 0.3 is 5.97 Å². The highest BCUT2D eigenvalue weighted by Gasteiger charge is 2.23. The van der Waals surface area contributed by atoms with Gasteiger partial charge in [-0.1, -0.05) is 18.2 Å². The first-order valence-corrected chi connectivity index (χ1v) is 5.87. The van der Waals surface area contributed by atoms with E-state index in [1.165, 1.54) is 0 Å². The van der Waals surface area contributed by atoms with Gasteiger partial charge in [0.15, 0.2) is 0 Å². The van der Waals surface area contributed by atoms with Crippen LogP contribution in [0.15, 0.2) is 24.3 Å². The van der Waals surface area contributed by atoms with Crippen molar-refractivity contribution >= 4 is 11.9 Å². The van der Waals surface area contributed by atoms with Crippen LogP contribution in [0.1, 0.15) is 24.3 Å². The van der Waals surface area contributed by atoms with Gasteiger partial charge in [-0.15, -0.1) is 0 Å². The molecular weight excluding hydrogens is 234 g/mol. The van der Waals surface area contributed by atoms with Crippen LogP contribution in [0.25, 0.3) is 0 Å². The van der Waals surface area contributed by atoms with Crippen LogP contribution in [-0.2, 0) is 9.59 Å². The summed E-state index contributed by atoms with van der Waals surface area (Å²) < 4.78 is 5.51. The lowest BCUT2D eigenvalue weighted by atomic mass is 9.90. The summed E-state index contributed by atoms with van der Waals surface area (Å²) in [6.07, 6.45) is 1.07. The molecule has 0 unspecified atom stereocenters. The van der Waals surface area contributed by atoms with Crippen molar-refractivity contribution in [3.63, 3.8) is 0 Å². The summed E-state index contributed by atoms with van der Waals surface area (Å²) in [5.74, 6) is -0.349. The fourth-order valence-corrected chi connectivity index (χ4v) is 2.10. The van der Waals surface area contributed by atoms with Gasteiger partial charge in [0, 0.05) is 6.42 Å². The molecule has 1 aliphatic rings. The van der Waals surface area contributed by atoms with Crippen molar-refractivity contribution in [3.8, 4) is 5.75 Å². The molecule has 0 aromatic heterocycles. The van der Waals surface area contributed by atoms with Gasteiger partial charge < -0.3 is 15.2 Å². The molecule has 18 heavy (non-hydrogen) atoms. The zero-order valence-corrected chi connectivity index (χ0v) is 9.89. The average Bonchev–Trinajstić information content (AvgIpc) is 2.37. The molecule has 2 N–H and O–H groups in total. The minimum absolute atomic E-state index is 0.101. The quantitative estimate of drug-likeness (QED) is 0.839. The minimum atomic E-state index is -1.03. The van der Waals surface area contributed by atoms with E-state index in [9.17, 15) is 9.59 Å². The zero-order valence-electron chi connectivity index (χ0n) is 9.89. The third-order valence-corrected chi connectivity index (χ3v) is 2.95. The first kappa shape index (κ1) is 12.4. The molecule has 1 aromatic carbocycles. The summed E-state index contributed by atoms with van der Waals surface area (Å²) >= 11 is 0. The standard InChI is InChI=1S/C13H15NO4/c15-12(14-8-13(16)17)7-9-5-6-18-11-4-2-1-3-10(9)11/h1-4,9H,5-8H2,(H,14,15)(H,16,17)/t9-/m1/s1. The Hall–Kier alpha value is -2.04. The first-order chi connectivity index (χ1) is 8.66. The van der Waals surface area contributed by atoms with Crippen molar-refractivity contribution in [2.75, 3.05) is 13.2 Å². The molecule has 0 radical (unpaired) electrons. The summed E-state index contributed by atoms with van der Waals surface area (Å²) in [6.45, 7) is 0.261. The summed E-state index contributed by atoms with van der Waals surface area (Å²) in [4.78, 5) is 22.0. The average molecular weight is 249 g/mol. The Labute approximate surface area is 105 Å². The number of carboxylic acid groups (broad SMARTS) is 1. The van der Waals surface area contributed by atoms with Gasteiger partial charge in [-0.3, -0.25) is 9.59 Å². The number of nitrogens with one attached hydrogen (secondary N) is 1. The Morgan fingerprint density at radius 2 is 2.17 bits per heavy atom. The van der Waals surface area contributed by atoms with Gasteiger partial charge in [0.05, 0.1) is 6.61 Å². The van der Waals surface area contributed by atoms with Crippen molar-refractivity contribution in [3.05, 3.63) is 29.8 Å². The molecule has 0 saturated heterocycles. The van der Waals surface area contributed by atoms with Crippen LogP contribution in [-0.4, -0.2) is 30.1 Å². The summed E-state index contributed by atoms with van der Waals surface area (Å²) in [7, 11) is 0. The van der Waals surface area contributed by atoms with Gasteiger partial charge in [0.25, 0.3) is 0 Å². The molecule has 0 saturated carbocycles. The lowest BCUT2D eigenvalue weighted by Crippen LogP contribution is -2.31. The second kappa shape index (κ2) is 5.53. The molecule has 0 fully saturated rings. The molecule has 1 amide bonds. The maximum absolute atomic E-state index is 11.6. The molecule has 0 bridgehead atoms. The third-order valence-electron chi connectivity index (χ3n) is 2.95. The van der Waals surface area contributed by atoms with Crippen LogP contribution in [0.3, 0.4) is 0 Å². The molecule has 1 aliphatic heterocycles. The highest BCUT2D eigenvalue weighted by atomic mass is 16.5. The van der Waals surface area contributed by atoms with Crippen LogP contribution >= 0.6 is 0 Å². The largest absolute Gasteiger partial charge is 0.493 e. The van der Waals surface area contributed by atoms with Gasteiger partial charge in [0.2, 0.25) is 5.91 Å². The number of ether oxygens (including phenoxy) is 1. The Bertz CT molecular complexity index is 458. The number of hydrogen-bond acceptors (Lipinski definition) is 3. The minimum Gasteiger partial charge on any atom is -0.493 e. The van der Waals surface area contributed by atoms with Crippen molar-refractivity contribution in [2.45, 2.75) is 18.8 Å². The SMILES string of the molecule is O=C(O)CNC(=O)C[C@H]1CCOc2ccccc21. The smallest absolute Gasteiger partial charge is 0.322 e. The van der Waals surface area contributed by atoms with E-state index in [4.69, 9.17) is 9.84 Å². The van der Waals surface area contributed by atoms with Crippen molar-refractivity contribution < 1.29 is 19.4 Å². The first-order valence-electron chi connectivity index (χ1n) is 5.87. The van der Waals surface area contributed by atoms with Crippen molar-refractivity contribution in [1.29, 1.82) is 0 Å². The number of aliphatic carboxylic acids is 1. The Morgan fingerprint density at radius 3 is 2.94 bits per heavy atom. The third kappa shape index (κ3) is 3.00. The van der Waals surface area contributed by atoms with Crippen LogP contribution < -0.4 is 10.1 Å². The normalized spacial score (nSPS) is 17.4. The predicted molar refractivity (Wildman–Crippen MR) is 64.6 cm³/mol. The molecule has 0 aliphatic carbocycles. The summed E-state index contributed by atoms with van der Waals surface area (Å²) in [5.41, 5.74) is 1.02. The number of amides is 1. The second-order valence-electron chi connectivity index (χ2n) is 4.25.